The summed E-state index contributed by atoms with van der Waals surface area (Å²) in [6.45, 7) is 10.9. The molecule has 0 saturated carbocycles. The second kappa shape index (κ2) is 13.6. The Bertz CT molecular complexity index is 884. The lowest BCUT2D eigenvalue weighted by Gasteiger charge is -2.31. The Hall–Kier alpha value is -3.01. The van der Waals surface area contributed by atoms with Gasteiger partial charge >= 0.3 is 12.1 Å². The molecule has 10 heteroatoms. The molecule has 0 aliphatic heterocycles. The van der Waals surface area contributed by atoms with Crippen molar-refractivity contribution >= 4 is 42.6 Å². The van der Waals surface area contributed by atoms with Crippen molar-refractivity contribution in [2.24, 2.45) is 0 Å². The first-order chi connectivity index (χ1) is 15.9. The number of nitrogens with one attached hydrogen (secondary N) is 2. The maximum Gasteiger partial charge on any atom is 0.408 e. The van der Waals surface area contributed by atoms with Gasteiger partial charge in [-0.3, -0.25) is 14.4 Å². The summed E-state index contributed by atoms with van der Waals surface area (Å²) in [4.78, 5) is 51.4. The second-order valence-corrected chi connectivity index (χ2v) is 8.82. The number of hydrogen-bond acceptors (Lipinski definition) is 7. The number of amides is 3. The number of benzene rings is 1. The van der Waals surface area contributed by atoms with Gasteiger partial charge in [0, 0.05) is 19.3 Å². The SMILES string of the molecule is C=Cc1cccc(C(C(=O)NCCC(=O)OCC)N(C)C(=O)C(CS)NC(=O)OC(C)(C)C)c1. The van der Waals surface area contributed by atoms with Crippen molar-refractivity contribution in [3.8, 4) is 0 Å². The number of nitrogens with zero attached hydrogens (tertiary/aromatic N) is 1. The Morgan fingerprint density at radius 1 is 1.24 bits per heavy atom. The molecule has 1 rings (SSSR count). The minimum Gasteiger partial charge on any atom is -0.466 e. The molecule has 1 aromatic rings. The highest BCUT2D eigenvalue weighted by atomic mass is 32.1. The standard InChI is InChI=1S/C24H35N3O6S/c1-7-16-10-9-11-17(14-16)20(21(29)25-13-12-19(28)32-8-2)27(6)22(30)18(15-34)26-23(31)33-24(3,4)5/h7,9-11,14,18,20,34H,1,8,12-13,15H2,2-6H3,(H,25,29)(H,26,31). The largest absolute Gasteiger partial charge is 0.466 e. The third-order valence-electron chi connectivity index (χ3n) is 4.55. The number of hydrogen-bond donors (Lipinski definition) is 3. The van der Waals surface area contributed by atoms with Gasteiger partial charge in [-0.25, -0.2) is 4.79 Å². The Morgan fingerprint density at radius 3 is 2.47 bits per heavy atom. The molecule has 34 heavy (non-hydrogen) atoms. The fourth-order valence-corrected chi connectivity index (χ4v) is 3.28. The van der Waals surface area contributed by atoms with Gasteiger partial charge in [0.1, 0.15) is 17.7 Å². The van der Waals surface area contributed by atoms with Gasteiger partial charge in [0.25, 0.3) is 0 Å². The zero-order valence-electron chi connectivity index (χ0n) is 20.4. The Morgan fingerprint density at radius 2 is 1.91 bits per heavy atom. The fraction of sp³-hybridized carbons (Fsp3) is 0.500. The molecular weight excluding hydrogens is 458 g/mol. The molecule has 2 unspecified atom stereocenters. The van der Waals surface area contributed by atoms with E-state index >= 15 is 0 Å². The van der Waals surface area contributed by atoms with Gasteiger partial charge in [0.15, 0.2) is 0 Å². The molecule has 0 aromatic heterocycles. The molecule has 0 heterocycles. The van der Waals surface area contributed by atoms with Gasteiger partial charge in [-0.15, -0.1) is 0 Å². The summed E-state index contributed by atoms with van der Waals surface area (Å²) >= 11 is 4.19. The Labute approximate surface area is 206 Å². The lowest BCUT2D eigenvalue weighted by molar-refractivity contribution is -0.143. The molecule has 0 fully saturated rings. The third-order valence-corrected chi connectivity index (χ3v) is 4.92. The van der Waals surface area contributed by atoms with Crippen molar-refractivity contribution in [3.05, 3.63) is 42.0 Å². The molecule has 0 radical (unpaired) electrons. The Kier molecular flexibility index (Phi) is 11.6. The van der Waals surface area contributed by atoms with Gasteiger partial charge < -0.3 is 25.0 Å². The lowest BCUT2D eigenvalue weighted by Crippen LogP contribution is -2.52. The predicted octanol–water partition coefficient (Wildman–Crippen LogP) is 2.72. The van der Waals surface area contributed by atoms with Crippen LogP contribution < -0.4 is 10.6 Å². The van der Waals surface area contributed by atoms with E-state index in [2.05, 4.69) is 29.8 Å². The summed E-state index contributed by atoms with van der Waals surface area (Å²) in [6, 6.07) is 4.96. The van der Waals surface area contributed by atoms with Crippen LogP contribution >= 0.6 is 12.6 Å². The maximum absolute atomic E-state index is 13.2. The van der Waals surface area contributed by atoms with Crippen LogP contribution in [0.1, 0.15) is 51.3 Å². The zero-order chi connectivity index (χ0) is 25.9. The van der Waals surface area contributed by atoms with E-state index in [1.165, 1.54) is 11.9 Å². The van der Waals surface area contributed by atoms with Gasteiger partial charge in [0.05, 0.1) is 13.0 Å². The number of alkyl carbamates (subject to hydrolysis) is 1. The molecule has 2 N–H and O–H groups in total. The third kappa shape index (κ3) is 9.46. The molecule has 0 saturated heterocycles. The quantitative estimate of drug-likeness (QED) is 0.323. The topological polar surface area (TPSA) is 114 Å². The smallest absolute Gasteiger partial charge is 0.408 e. The number of carbonyl (C=O) groups is 4. The highest BCUT2D eigenvalue weighted by Crippen LogP contribution is 2.23. The molecule has 0 spiro atoms. The lowest BCUT2D eigenvalue weighted by atomic mass is 10.0. The first-order valence-corrected chi connectivity index (χ1v) is 11.6. The number of ether oxygens (including phenoxy) is 2. The van der Waals surface area contributed by atoms with Crippen LogP contribution in [0.3, 0.4) is 0 Å². The normalized spacial score (nSPS) is 12.6. The molecule has 9 nitrogen and oxygen atoms in total. The highest BCUT2D eigenvalue weighted by Gasteiger charge is 2.33. The molecule has 1 aromatic carbocycles. The molecule has 2 atom stereocenters. The van der Waals surface area contributed by atoms with Crippen molar-refractivity contribution in [2.75, 3.05) is 26.0 Å². The molecule has 0 aliphatic rings. The van der Waals surface area contributed by atoms with Crippen LogP contribution in [-0.2, 0) is 23.9 Å². The van der Waals surface area contributed by atoms with Crippen molar-refractivity contribution < 1.29 is 28.7 Å². The van der Waals surface area contributed by atoms with Crippen LogP contribution in [0.5, 0.6) is 0 Å². The van der Waals surface area contributed by atoms with E-state index in [0.29, 0.717) is 5.56 Å². The highest BCUT2D eigenvalue weighted by molar-refractivity contribution is 7.80. The van der Waals surface area contributed by atoms with E-state index in [9.17, 15) is 19.2 Å². The second-order valence-electron chi connectivity index (χ2n) is 8.45. The van der Waals surface area contributed by atoms with Crippen molar-refractivity contribution in [1.29, 1.82) is 0 Å². The van der Waals surface area contributed by atoms with Crippen molar-refractivity contribution in [3.63, 3.8) is 0 Å². The number of thiol groups is 1. The summed E-state index contributed by atoms with van der Waals surface area (Å²) in [5.74, 6) is -1.46. The van der Waals surface area contributed by atoms with Gasteiger partial charge in [0.2, 0.25) is 11.8 Å². The van der Waals surface area contributed by atoms with Crippen LogP contribution in [0.2, 0.25) is 0 Å². The maximum atomic E-state index is 13.2. The number of rotatable bonds is 11. The van der Waals surface area contributed by atoms with Crippen molar-refractivity contribution in [1.82, 2.24) is 15.5 Å². The molecular formula is C24H35N3O6S. The first-order valence-electron chi connectivity index (χ1n) is 11.0. The minimum absolute atomic E-state index is 0.00385. The monoisotopic (exact) mass is 493 g/mol. The summed E-state index contributed by atoms with van der Waals surface area (Å²) in [5, 5.41) is 5.19. The molecule has 3 amide bonds. The molecule has 0 bridgehead atoms. The number of esters is 1. The molecule has 188 valence electrons. The number of likely N-dealkylation sites (N-methyl/N-ethyl adjacent to an activating group) is 1. The first kappa shape index (κ1) is 29.0. The zero-order valence-corrected chi connectivity index (χ0v) is 21.3. The van der Waals surface area contributed by atoms with E-state index in [-0.39, 0.29) is 25.3 Å². The number of carbonyl (C=O) groups excluding carboxylic acids is 4. The van der Waals surface area contributed by atoms with Crippen LogP contribution in [0.4, 0.5) is 4.79 Å². The Balaban J connectivity index is 3.12. The summed E-state index contributed by atoms with van der Waals surface area (Å²) in [7, 11) is 1.46. The average molecular weight is 494 g/mol. The van der Waals surface area contributed by atoms with Crippen LogP contribution in [0.25, 0.3) is 6.08 Å². The minimum atomic E-state index is -1.03. The van der Waals surface area contributed by atoms with Gasteiger partial charge in [-0.1, -0.05) is 30.9 Å². The summed E-state index contributed by atoms with van der Waals surface area (Å²) < 4.78 is 10.1. The summed E-state index contributed by atoms with van der Waals surface area (Å²) in [6.07, 6.45) is 0.856. The van der Waals surface area contributed by atoms with E-state index in [0.717, 1.165) is 5.56 Å². The fourth-order valence-electron chi connectivity index (χ4n) is 3.03. The van der Waals surface area contributed by atoms with Crippen LogP contribution in [0.15, 0.2) is 30.8 Å². The van der Waals surface area contributed by atoms with E-state index < -0.39 is 41.6 Å². The average Bonchev–Trinajstić information content (AvgIpc) is 2.76. The predicted molar refractivity (Wildman–Crippen MR) is 133 cm³/mol. The van der Waals surface area contributed by atoms with Crippen molar-refractivity contribution in [2.45, 2.75) is 51.8 Å². The summed E-state index contributed by atoms with van der Waals surface area (Å²) in [5.41, 5.74) is 0.560. The van der Waals surface area contributed by atoms with Gasteiger partial charge in [-0.2, -0.15) is 12.6 Å². The van der Waals surface area contributed by atoms with E-state index in [4.69, 9.17) is 9.47 Å². The van der Waals surface area contributed by atoms with E-state index in [1.807, 2.05) is 6.07 Å². The van der Waals surface area contributed by atoms with Crippen LogP contribution in [0, 0.1) is 0 Å². The van der Waals surface area contributed by atoms with Gasteiger partial charge in [-0.05, 0) is 44.9 Å². The van der Waals surface area contributed by atoms with Crippen LogP contribution in [-0.4, -0.2) is 66.4 Å². The molecule has 0 aliphatic carbocycles. The van der Waals surface area contributed by atoms with E-state index in [1.54, 1.807) is 52.0 Å².